The third-order valence-electron chi connectivity index (χ3n) is 3.52. The highest BCUT2D eigenvalue weighted by molar-refractivity contribution is 8.14. The van der Waals surface area contributed by atoms with Crippen molar-refractivity contribution in [1.82, 2.24) is 20.1 Å². The molecular formula is C13H23N5S. The lowest BCUT2D eigenvalue weighted by atomic mass is 9.99. The summed E-state index contributed by atoms with van der Waals surface area (Å²) in [4.78, 5) is 8.81. The largest absolute Gasteiger partial charge is 0.364 e. The summed E-state index contributed by atoms with van der Waals surface area (Å²) in [5.74, 6) is 1.67. The second kappa shape index (κ2) is 6.93. The van der Waals surface area contributed by atoms with Crippen LogP contribution in [0, 0.1) is 5.92 Å². The highest BCUT2D eigenvalue weighted by Crippen LogP contribution is 2.30. The van der Waals surface area contributed by atoms with Crippen LogP contribution >= 0.6 is 11.8 Å². The minimum atomic E-state index is 0.658. The number of hydrogen-bond donors (Lipinski definition) is 1. The van der Waals surface area contributed by atoms with Crippen LogP contribution in [0.2, 0.25) is 0 Å². The molecule has 0 saturated carbocycles. The number of rotatable bonds is 6. The van der Waals surface area contributed by atoms with Crippen molar-refractivity contribution in [3.05, 3.63) is 12.2 Å². The summed E-state index contributed by atoms with van der Waals surface area (Å²) in [5, 5.41) is 9.41. The van der Waals surface area contributed by atoms with Gasteiger partial charge in [-0.15, -0.1) is 0 Å². The standard InChI is InChI=1S/C13H23N5S/c1-4-10(5-2)11-8-15-13(19-11)14-7-6-12-16-9-18(3)17-12/h9-11H,4-8H2,1-3H3,(H,14,15). The maximum Gasteiger partial charge on any atom is 0.156 e. The number of aromatic nitrogens is 3. The molecule has 1 atom stereocenters. The first-order valence-electron chi connectivity index (χ1n) is 7.02. The molecular weight excluding hydrogens is 258 g/mol. The number of aliphatic imine (C=N–C) groups is 1. The van der Waals surface area contributed by atoms with E-state index in [0.29, 0.717) is 5.25 Å². The second-order valence-corrected chi connectivity index (χ2v) is 6.12. The van der Waals surface area contributed by atoms with Gasteiger partial charge in [0.1, 0.15) is 6.33 Å². The van der Waals surface area contributed by atoms with E-state index >= 15 is 0 Å². The van der Waals surface area contributed by atoms with Gasteiger partial charge in [0.25, 0.3) is 0 Å². The van der Waals surface area contributed by atoms with Crippen molar-refractivity contribution in [2.24, 2.45) is 18.0 Å². The van der Waals surface area contributed by atoms with Crippen LogP contribution in [0.3, 0.4) is 0 Å². The van der Waals surface area contributed by atoms with Gasteiger partial charge in [-0.25, -0.2) is 4.98 Å². The molecule has 2 rings (SSSR count). The van der Waals surface area contributed by atoms with Crippen molar-refractivity contribution in [1.29, 1.82) is 0 Å². The minimum absolute atomic E-state index is 0.658. The predicted molar refractivity (Wildman–Crippen MR) is 80.5 cm³/mol. The summed E-state index contributed by atoms with van der Waals surface area (Å²) in [5.41, 5.74) is 0. The fourth-order valence-electron chi connectivity index (χ4n) is 2.33. The molecule has 0 saturated heterocycles. The van der Waals surface area contributed by atoms with E-state index in [-0.39, 0.29) is 0 Å². The van der Waals surface area contributed by atoms with Crippen molar-refractivity contribution in [3.8, 4) is 0 Å². The van der Waals surface area contributed by atoms with Gasteiger partial charge in [0, 0.05) is 25.3 Å². The van der Waals surface area contributed by atoms with Crippen molar-refractivity contribution < 1.29 is 0 Å². The van der Waals surface area contributed by atoms with Gasteiger partial charge < -0.3 is 5.32 Å². The highest BCUT2D eigenvalue weighted by atomic mass is 32.2. The summed E-state index contributed by atoms with van der Waals surface area (Å²) >= 11 is 1.90. The molecule has 1 aliphatic rings. The Bertz CT molecular complexity index is 424. The zero-order valence-electron chi connectivity index (χ0n) is 12.0. The molecule has 0 amide bonds. The third-order valence-corrected chi connectivity index (χ3v) is 4.86. The van der Waals surface area contributed by atoms with Crippen molar-refractivity contribution >= 4 is 16.9 Å². The summed E-state index contributed by atoms with van der Waals surface area (Å²) in [6.45, 7) is 6.35. The molecule has 5 nitrogen and oxygen atoms in total. The first kappa shape index (κ1) is 14.4. The summed E-state index contributed by atoms with van der Waals surface area (Å²) in [6, 6.07) is 0. The van der Waals surface area contributed by atoms with Crippen molar-refractivity contribution in [3.63, 3.8) is 0 Å². The first-order chi connectivity index (χ1) is 9.22. The monoisotopic (exact) mass is 281 g/mol. The van der Waals surface area contributed by atoms with Crippen molar-refractivity contribution in [2.45, 2.75) is 38.4 Å². The lowest BCUT2D eigenvalue weighted by Crippen LogP contribution is -2.24. The van der Waals surface area contributed by atoms with Crippen LogP contribution in [0.5, 0.6) is 0 Å². The van der Waals surface area contributed by atoms with E-state index < -0.39 is 0 Å². The molecule has 0 aliphatic carbocycles. The normalized spacial score (nSPS) is 18.9. The smallest absolute Gasteiger partial charge is 0.156 e. The van der Waals surface area contributed by atoms with Gasteiger partial charge in [0.2, 0.25) is 0 Å². The Hall–Kier alpha value is -1.04. The molecule has 106 valence electrons. The second-order valence-electron chi connectivity index (χ2n) is 4.89. The molecule has 6 heteroatoms. The zero-order valence-corrected chi connectivity index (χ0v) is 12.8. The molecule has 0 aromatic carbocycles. The number of nitrogens with zero attached hydrogens (tertiary/aromatic N) is 4. The van der Waals surface area contributed by atoms with Gasteiger partial charge in [0.05, 0.1) is 6.54 Å². The van der Waals surface area contributed by atoms with Crippen LogP contribution in [0.4, 0.5) is 0 Å². The Morgan fingerprint density at radius 2 is 2.26 bits per heavy atom. The average molecular weight is 281 g/mol. The SMILES string of the molecule is CCC(CC)C1CN=C(NCCc2ncn(C)n2)S1. The lowest BCUT2D eigenvalue weighted by Gasteiger charge is -2.18. The summed E-state index contributed by atoms with van der Waals surface area (Å²) in [6.07, 6.45) is 5.07. The Morgan fingerprint density at radius 1 is 1.47 bits per heavy atom. The van der Waals surface area contributed by atoms with Crippen LogP contribution in [-0.4, -0.2) is 38.3 Å². The Balaban J connectivity index is 1.70. The fourth-order valence-corrected chi connectivity index (χ4v) is 3.68. The van der Waals surface area contributed by atoms with Crippen LogP contribution in [0.15, 0.2) is 11.3 Å². The molecule has 2 heterocycles. The van der Waals surface area contributed by atoms with Crippen LogP contribution in [0.1, 0.15) is 32.5 Å². The van der Waals surface area contributed by atoms with Crippen LogP contribution in [0.25, 0.3) is 0 Å². The topological polar surface area (TPSA) is 55.1 Å². The summed E-state index contributed by atoms with van der Waals surface area (Å²) < 4.78 is 1.74. The quantitative estimate of drug-likeness (QED) is 0.864. The number of hydrogen-bond acceptors (Lipinski definition) is 5. The van der Waals surface area contributed by atoms with E-state index in [2.05, 4.69) is 34.2 Å². The van der Waals surface area contributed by atoms with Gasteiger partial charge in [0.15, 0.2) is 11.0 Å². The summed E-state index contributed by atoms with van der Waals surface area (Å²) in [7, 11) is 1.89. The van der Waals surface area contributed by atoms with E-state index in [1.807, 2.05) is 18.8 Å². The molecule has 1 aromatic heterocycles. The minimum Gasteiger partial charge on any atom is -0.364 e. The predicted octanol–water partition coefficient (Wildman–Crippen LogP) is 1.85. The molecule has 1 unspecified atom stereocenters. The van der Waals surface area contributed by atoms with Crippen LogP contribution in [-0.2, 0) is 13.5 Å². The van der Waals surface area contributed by atoms with Crippen molar-refractivity contribution in [2.75, 3.05) is 13.1 Å². The van der Waals surface area contributed by atoms with E-state index in [0.717, 1.165) is 36.4 Å². The van der Waals surface area contributed by atoms with E-state index in [1.54, 1.807) is 11.0 Å². The maximum atomic E-state index is 4.59. The Labute approximate surface area is 119 Å². The lowest BCUT2D eigenvalue weighted by molar-refractivity contribution is 0.479. The number of nitrogens with one attached hydrogen (secondary N) is 1. The maximum absolute atomic E-state index is 4.59. The Kier molecular flexibility index (Phi) is 5.24. The number of amidine groups is 1. The Morgan fingerprint density at radius 3 is 2.89 bits per heavy atom. The van der Waals surface area contributed by atoms with Gasteiger partial charge >= 0.3 is 0 Å². The van der Waals surface area contributed by atoms with E-state index in [9.17, 15) is 0 Å². The van der Waals surface area contributed by atoms with Gasteiger partial charge in [-0.2, -0.15) is 5.10 Å². The molecule has 0 bridgehead atoms. The highest BCUT2D eigenvalue weighted by Gasteiger charge is 2.25. The average Bonchev–Trinajstić information content (AvgIpc) is 3.01. The molecule has 0 spiro atoms. The molecule has 0 radical (unpaired) electrons. The number of aryl methyl sites for hydroxylation is 1. The first-order valence-corrected chi connectivity index (χ1v) is 7.90. The van der Waals surface area contributed by atoms with Gasteiger partial charge in [-0.1, -0.05) is 38.5 Å². The third kappa shape index (κ3) is 3.96. The molecule has 1 N–H and O–H groups in total. The molecule has 1 aromatic rings. The molecule has 0 fully saturated rings. The molecule has 19 heavy (non-hydrogen) atoms. The van der Waals surface area contributed by atoms with Gasteiger partial charge in [-0.3, -0.25) is 9.67 Å². The van der Waals surface area contributed by atoms with Crippen LogP contribution < -0.4 is 5.32 Å². The zero-order chi connectivity index (χ0) is 13.7. The van der Waals surface area contributed by atoms with Gasteiger partial charge in [-0.05, 0) is 5.92 Å². The fraction of sp³-hybridized carbons (Fsp3) is 0.769. The number of thioether (sulfide) groups is 1. The van der Waals surface area contributed by atoms with E-state index in [4.69, 9.17) is 0 Å². The molecule has 1 aliphatic heterocycles. The van der Waals surface area contributed by atoms with E-state index in [1.165, 1.54) is 12.8 Å².